The molecule has 0 spiro atoms. The second-order valence-corrected chi connectivity index (χ2v) is 7.14. The number of hydrogen-bond donors (Lipinski definition) is 2. The zero-order valence-corrected chi connectivity index (χ0v) is 16.4. The third-order valence-corrected chi connectivity index (χ3v) is 4.94. The molecule has 6 nitrogen and oxygen atoms in total. The molecule has 144 valence electrons. The first kappa shape index (κ1) is 18.2. The largest absolute Gasteiger partial charge is 0.341 e. The maximum Gasteiger partial charge on any atom is 0.233 e. The summed E-state index contributed by atoms with van der Waals surface area (Å²) in [6.07, 6.45) is 3.37. The maximum atomic E-state index is 4.66. The number of nitrogens with zero attached hydrogens (tertiary/aromatic N) is 4. The van der Waals surface area contributed by atoms with Crippen LogP contribution in [0.5, 0.6) is 0 Å². The highest BCUT2D eigenvalue weighted by atomic mass is 15.3. The fraction of sp³-hybridized carbons (Fsp3) is 0.318. The van der Waals surface area contributed by atoms with Crippen LogP contribution >= 0.6 is 0 Å². The molecule has 0 atom stereocenters. The van der Waals surface area contributed by atoms with Crippen LogP contribution in [0.25, 0.3) is 0 Å². The minimum absolute atomic E-state index is 0.549. The highest BCUT2D eigenvalue weighted by molar-refractivity contribution is 5.60. The van der Waals surface area contributed by atoms with E-state index in [-0.39, 0.29) is 0 Å². The third-order valence-electron chi connectivity index (χ3n) is 4.94. The minimum atomic E-state index is 0.549. The van der Waals surface area contributed by atoms with Crippen molar-refractivity contribution in [1.82, 2.24) is 15.0 Å². The van der Waals surface area contributed by atoms with Gasteiger partial charge in [-0.25, -0.2) is 0 Å². The van der Waals surface area contributed by atoms with Crippen LogP contribution in [0.3, 0.4) is 0 Å². The van der Waals surface area contributed by atoms with Crippen molar-refractivity contribution in [3.63, 3.8) is 0 Å². The highest BCUT2D eigenvalue weighted by Gasteiger charge is 2.17. The van der Waals surface area contributed by atoms with Gasteiger partial charge in [0.1, 0.15) is 0 Å². The summed E-state index contributed by atoms with van der Waals surface area (Å²) in [6.45, 7) is 6.20. The number of nitrogens with one attached hydrogen (secondary N) is 2. The van der Waals surface area contributed by atoms with E-state index in [1.165, 1.54) is 24.0 Å². The Morgan fingerprint density at radius 2 is 1.32 bits per heavy atom. The molecule has 2 heterocycles. The van der Waals surface area contributed by atoms with Crippen molar-refractivity contribution in [1.29, 1.82) is 0 Å². The van der Waals surface area contributed by atoms with Crippen LogP contribution in [-0.2, 0) is 6.42 Å². The lowest BCUT2D eigenvalue weighted by Gasteiger charge is -2.17. The molecule has 28 heavy (non-hydrogen) atoms. The smallest absolute Gasteiger partial charge is 0.233 e. The summed E-state index contributed by atoms with van der Waals surface area (Å²) in [7, 11) is 0. The molecule has 1 saturated heterocycles. The molecule has 1 aromatic heterocycles. The van der Waals surface area contributed by atoms with E-state index in [1.54, 1.807) is 0 Å². The second kappa shape index (κ2) is 8.25. The van der Waals surface area contributed by atoms with E-state index in [1.807, 2.05) is 12.1 Å². The SMILES string of the molecule is CCc1ccc(Nc2nc(Nc3ccc(C)cc3)nc(N3CCCC3)n2)cc1. The molecule has 6 heteroatoms. The van der Waals surface area contributed by atoms with Crippen molar-refractivity contribution < 1.29 is 0 Å². The van der Waals surface area contributed by atoms with E-state index in [0.717, 1.165) is 36.8 Å². The predicted octanol–water partition coefficient (Wildman–Crippen LogP) is 4.83. The van der Waals surface area contributed by atoms with Crippen LogP contribution in [0.1, 0.15) is 30.9 Å². The molecule has 2 N–H and O–H groups in total. The van der Waals surface area contributed by atoms with Crippen LogP contribution in [-0.4, -0.2) is 28.0 Å². The van der Waals surface area contributed by atoms with E-state index in [9.17, 15) is 0 Å². The lowest BCUT2D eigenvalue weighted by Crippen LogP contribution is -2.21. The Kier molecular flexibility index (Phi) is 5.37. The van der Waals surface area contributed by atoms with Crippen molar-refractivity contribution in [3.8, 4) is 0 Å². The summed E-state index contributed by atoms with van der Waals surface area (Å²) in [6, 6.07) is 16.6. The Bertz CT molecular complexity index is 915. The summed E-state index contributed by atoms with van der Waals surface area (Å²) >= 11 is 0. The molecule has 0 saturated carbocycles. The molecule has 0 amide bonds. The summed E-state index contributed by atoms with van der Waals surface area (Å²) in [5, 5.41) is 6.64. The van der Waals surface area contributed by atoms with Crippen molar-refractivity contribution >= 4 is 29.2 Å². The van der Waals surface area contributed by atoms with Gasteiger partial charge in [-0.15, -0.1) is 0 Å². The minimum Gasteiger partial charge on any atom is -0.341 e. The van der Waals surface area contributed by atoms with Gasteiger partial charge >= 0.3 is 0 Å². The molecular formula is C22H26N6. The molecular weight excluding hydrogens is 348 g/mol. The van der Waals surface area contributed by atoms with Crippen molar-refractivity contribution in [2.75, 3.05) is 28.6 Å². The van der Waals surface area contributed by atoms with Gasteiger partial charge in [-0.2, -0.15) is 15.0 Å². The first-order valence-corrected chi connectivity index (χ1v) is 9.90. The Morgan fingerprint density at radius 1 is 0.786 bits per heavy atom. The lowest BCUT2D eigenvalue weighted by atomic mass is 10.1. The normalized spacial score (nSPS) is 13.6. The zero-order valence-electron chi connectivity index (χ0n) is 16.4. The molecule has 0 aliphatic carbocycles. The monoisotopic (exact) mass is 374 g/mol. The number of rotatable bonds is 6. The average molecular weight is 374 g/mol. The van der Waals surface area contributed by atoms with Crippen LogP contribution in [0.2, 0.25) is 0 Å². The molecule has 0 bridgehead atoms. The molecule has 1 fully saturated rings. The predicted molar refractivity (Wildman–Crippen MR) is 115 cm³/mol. The summed E-state index contributed by atoms with van der Waals surface area (Å²) in [5.41, 5.74) is 4.46. The Labute approximate surface area is 166 Å². The van der Waals surface area contributed by atoms with Crippen LogP contribution in [0.4, 0.5) is 29.2 Å². The molecule has 0 unspecified atom stereocenters. The van der Waals surface area contributed by atoms with Gasteiger partial charge in [-0.1, -0.05) is 36.8 Å². The summed E-state index contributed by atoms with van der Waals surface area (Å²) in [5.74, 6) is 1.82. The van der Waals surface area contributed by atoms with E-state index in [0.29, 0.717) is 11.9 Å². The Balaban J connectivity index is 1.61. The quantitative estimate of drug-likeness (QED) is 0.644. The number of benzene rings is 2. The van der Waals surface area contributed by atoms with Crippen molar-refractivity contribution in [3.05, 3.63) is 59.7 Å². The summed E-state index contributed by atoms with van der Waals surface area (Å²) < 4.78 is 0. The van der Waals surface area contributed by atoms with Crippen molar-refractivity contribution in [2.45, 2.75) is 33.1 Å². The van der Waals surface area contributed by atoms with Gasteiger partial charge in [0.25, 0.3) is 0 Å². The number of hydrogen-bond acceptors (Lipinski definition) is 6. The fourth-order valence-electron chi connectivity index (χ4n) is 3.25. The van der Waals surface area contributed by atoms with Gasteiger partial charge in [0, 0.05) is 24.5 Å². The topological polar surface area (TPSA) is 66.0 Å². The van der Waals surface area contributed by atoms with E-state index >= 15 is 0 Å². The molecule has 4 rings (SSSR count). The van der Waals surface area contributed by atoms with Crippen LogP contribution in [0.15, 0.2) is 48.5 Å². The third kappa shape index (κ3) is 4.39. The second-order valence-electron chi connectivity index (χ2n) is 7.14. The van der Waals surface area contributed by atoms with Gasteiger partial charge in [0.2, 0.25) is 17.8 Å². The number of anilines is 5. The molecule has 0 radical (unpaired) electrons. The first-order chi connectivity index (χ1) is 13.7. The van der Waals surface area contributed by atoms with E-state index < -0.39 is 0 Å². The first-order valence-electron chi connectivity index (χ1n) is 9.90. The Morgan fingerprint density at radius 3 is 1.86 bits per heavy atom. The maximum absolute atomic E-state index is 4.66. The highest BCUT2D eigenvalue weighted by Crippen LogP contribution is 2.23. The zero-order chi connectivity index (χ0) is 19.3. The van der Waals surface area contributed by atoms with Crippen LogP contribution in [0, 0.1) is 6.92 Å². The Hall–Kier alpha value is -3.15. The standard InChI is InChI=1S/C22H26N6/c1-3-17-8-12-19(13-9-17)24-21-25-20(23-18-10-6-16(2)7-11-18)26-22(27-21)28-14-4-5-15-28/h6-13H,3-5,14-15H2,1-2H3,(H2,23,24,25,26,27). The van der Waals surface area contributed by atoms with Gasteiger partial charge in [0.05, 0.1) is 0 Å². The van der Waals surface area contributed by atoms with Gasteiger partial charge in [0.15, 0.2) is 0 Å². The molecule has 2 aromatic carbocycles. The molecule has 3 aromatic rings. The molecule has 1 aliphatic heterocycles. The van der Waals surface area contributed by atoms with Gasteiger partial charge < -0.3 is 15.5 Å². The van der Waals surface area contributed by atoms with Gasteiger partial charge in [-0.05, 0) is 56.0 Å². The summed E-state index contributed by atoms with van der Waals surface area (Å²) in [4.78, 5) is 16.1. The average Bonchev–Trinajstić information content (AvgIpc) is 3.25. The van der Waals surface area contributed by atoms with Gasteiger partial charge in [-0.3, -0.25) is 0 Å². The van der Waals surface area contributed by atoms with Crippen molar-refractivity contribution in [2.24, 2.45) is 0 Å². The van der Waals surface area contributed by atoms with E-state index in [2.05, 4.69) is 80.7 Å². The lowest BCUT2D eigenvalue weighted by molar-refractivity contribution is 0.886. The molecule has 1 aliphatic rings. The van der Waals surface area contributed by atoms with Crippen LogP contribution < -0.4 is 15.5 Å². The van der Waals surface area contributed by atoms with E-state index in [4.69, 9.17) is 0 Å². The number of aryl methyl sites for hydroxylation is 2. The number of aromatic nitrogens is 3. The fourth-order valence-corrected chi connectivity index (χ4v) is 3.25.